The van der Waals surface area contributed by atoms with E-state index in [1.807, 2.05) is 37.3 Å². The Morgan fingerprint density at radius 3 is 2.62 bits per heavy atom. The Morgan fingerprint density at radius 2 is 1.88 bits per heavy atom. The van der Waals surface area contributed by atoms with Gasteiger partial charge in [0, 0.05) is 5.56 Å². The number of hydrogen-bond donors (Lipinski definition) is 1. The second-order valence-corrected chi connectivity index (χ2v) is 7.92. The highest BCUT2D eigenvalue weighted by atomic mass is 16.6. The summed E-state index contributed by atoms with van der Waals surface area (Å²) in [6, 6.07) is 11.9. The second-order valence-electron chi connectivity index (χ2n) is 7.92. The molecule has 1 atom stereocenters. The number of fused-ring (bicyclic) bond motifs is 3. The maximum atomic E-state index is 12.9. The highest BCUT2D eigenvalue weighted by Gasteiger charge is 2.26. The van der Waals surface area contributed by atoms with Crippen LogP contribution in [0.5, 0.6) is 5.75 Å². The van der Waals surface area contributed by atoms with E-state index in [1.165, 1.54) is 0 Å². The van der Waals surface area contributed by atoms with Crippen LogP contribution in [0.25, 0.3) is 11.0 Å². The van der Waals surface area contributed by atoms with Crippen LogP contribution in [0, 0.1) is 6.92 Å². The predicted octanol–water partition coefficient (Wildman–Crippen LogP) is 4.20. The number of aryl methyl sites for hydroxylation is 2. The molecule has 166 valence electrons. The maximum Gasteiger partial charge on any atom is 0.408 e. The molecule has 7 heteroatoms. The van der Waals surface area contributed by atoms with E-state index >= 15 is 0 Å². The van der Waals surface area contributed by atoms with Crippen LogP contribution >= 0.6 is 0 Å². The summed E-state index contributed by atoms with van der Waals surface area (Å²) in [6.45, 7) is 3.71. The van der Waals surface area contributed by atoms with Gasteiger partial charge in [0.1, 0.15) is 24.0 Å². The first-order valence-corrected chi connectivity index (χ1v) is 10.7. The Balaban J connectivity index is 1.51. The molecule has 0 saturated heterocycles. The van der Waals surface area contributed by atoms with Gasteiger partial charge in [-0.2, -0.15) is 0 Å². The topological polar surface area (TPSA) is 94.8 Å². The molecule has 1 amide bonds. The van der Waals surface area contributed by atoms with E-state index in [1.54, 1.807) is 19.1 Å². The van der Waals surface area contributed by atoms with Crippen LogP contribution in [0.4, 0.5) is 4.79 Å². The Bertz CT molecular complexity index is 1210. The standard InChI is InChI=1S/C25H25NO6/c1-3-19(26-25(29)30-14-16-8-5-4-6-9-16)24(28)32-21-13-15(2)12-20-22(21)17-10-7-11-18(17)23(27)31-20/h4-6,8-9,12-13,19H,3,7,10-11,14H2,1-2H3,(H,26,29). The minimum atomic E-state index is -0.877. The quantitative estimate of drug-likeness (QED) is 0.354. The number of esters is 1. The van der Waals surface area contributed by atoms with Crippen LogP contribution in [-0.4, -0.2) is 18.1 Å². The van der Waals surface area contributed by atoms with Gasteiger partial charge in [-0.05, 0) is 61.4 Å². The zero-order valence-corrected chi connectivity index (χ0v) is 18.1. The first kappa shape index (κ1) is 21.6. The van der Waals surface area contributed by atoms with Gasteiger partial charge >= 0.3 is 17.7 Å². The number of carbonyl (C=O) groups is 2. The lowest BCUT2D eigenvalue weighted by molar-refractivity contribution is -0.136. The fourth-order valence-corrected chi connectivity index (χ4v) is 4.00. The number of rotatable bonds is 6. The van der Waals surface area contributed by atoms with Crippen molar-refractivity contribution in [1.29, 1.82) is 0 Å². The van der Waals surface area contributed by atoms with Crippen molar-refractivity contribution in [3.63, 3.8) is 0 Å². The minimum Gasteiger partial charge on any atom is -0.445 e. The van der Waals surface area contributed by atoms with Gasteiger partial charge in [-0.3, -0.25) is 0 Å². The van der Waals surface area contributed by atoms with Crippen LogP contribution in [0.2, 0.25) is 0 Å². The third-order valence-corrected chi connectivity index (χ3v) is 5.59. The molecule has 1 heterocycles. The Morgan fingerprint density at radius 1 is 1.12 bits per heavy atom. The van der Waals surface area contributed by atoms with Crippen molar-refractivity contribution in [2.24, 2.45) is 0 Å². The van der Waals surface area contributed by atoms with Gasteiger partial charge in [0.25, 0.3) is 0 Å². The summed E-state index contributed by atoms with van der Waals surface area (Å²) in [6.07, 6.45) is 1.87. The largest absolute Gasteiger partial charge is 0.445 e. The van der Waals surface area contributed by atoms with Crippen LogP contribution in [0.1, 0.15) is 42.0 Å². The van der Waals surface area contributed by atoms with Gasteiger partial charge in [0.2, 0.25) is 0 Å². The number of ether oxygens (including phenoxy) is 2. The van der Waals surface area contributed by atoms with Crippen molar-refractivity contribution < 1.29 is 23.5 Å². The summed E-state index contributed by atoms with van der Waals surface area (Å²) >= 11 is 0. The molecular formula is C25H25NO6. The number of benzene rings is 2. The van der Waals surface area contributed by atoms with Crippen LogP contribution < -0.4 is 15.7 Å². The SMILES string of the molecule is CCC(NC(=O)OCc1ccccc1)C(=O)Oc1cc(C)cc2oc(=O)c3c(c12)CCC3. The summed E-state index contributed by atoms with van der Waals surface area (Å²) in [5, 5.41) is 3.22. The molecule has 0 saturated carbocycles. The summed E-state index contributed by atoms with van der Waals surface area (Å²) in [5.41, 5.74) is 3.24. The van der Waals surface area contributed by atoms with Gasteiger partial charge in [-0.1, -0.05) is 37.3 Å². The Labute approximate surface area is 185 Å². The number of alkyl carbamates (subject to hydrolysis) is 1. The zero-order chi connectivity index (χ0) is 22.7. The number of hydrogen-bond acceptors (Lipinski definition) is 6. The molecule has 7 nitrogen and oxygen atoms in total. The maximum absolute atomic E-state index is 12.9. The molecule has 1 aliphatic carbocycles. The number of carbonyl (C=O) groups excluding carboxylic acids is 2. The van der Waals surface area contributed by atoms with Crippen LogP contribution in [0.15, 0.2) is 51.7 Å². The zero-order valence-electron chi connectivity index (χ0n) is 18.1. The molecule has 3 aromatic rings. The molecule has 1 unspecified atom stereocenters. The van der Waals surface area contributed by atoms with Crippen LogP contribution in [0.3, 0.4) is 0 Å². The average Bonchev–Trinajstić information content (AvgIpc) is 3.27. The molecule has 0 radical (unpaired) electrons. The van der Waals surface area contributed by atoms with Crippen molar-refractivity contribution in [3.05, 3.63) is 75.1 Å². The van der Waals surface area contributed by atoms with Gasteiger partial charge in [0.15, 0.2) is 0 Å². The molecule has 2 aromatic carbocycles. The van der Waals surface area contributed by atoms with E-state index in [9.17, 15) is 14.4 Å². The number of nitrogens with one attached hydrogen (secondary N) is 1. The van der Waals surface area contributed by atoms with Gasteiger partial charge in [-0.15, -0.1) is 0 Å². The minimum absolute atomic E-state index is 0.103. The number of amides is 1. The molecular weight excluding hydrogens is 410 g/mol. The second kappa shape index (κ2) is 9.26. The Kier molecular flexibility index (Phi) is 6.25. The third-order valence-electron chi connectivity index (χ3n) is 5.59. The summed E-state index contributed by atoms with van der Waals surface area (Å²) in [4.78, 5) is 37.4. The lowest BCUT2D eigenvalue weighted by Gasteiger charge is -2.17. The van der Waals surface area contributed by atoms with Crippen molar-refractivity contribution in [3.8, 4) is 5.75 Å². The van der Waals surface area contributed by atoms with Crippen molar-refractivity contribution in [2.75, 3.05) is 0 Å². The van der Waals surface area contributed by atoms with E-state index in [-0.39, 0.29) is 12.2 Å². The van der Waals surface area contributed by atoms with E-state index in [2.05, 4.69) is 5.32 Å². The molecule has 4 rings (SSSR count). The molecule has 1 N–H and O–H groups in total. The molecule has 0 bridgehead atoms. The third kappa shape index (κ3) is 4.51. The van der Waals surface area contributed by atoms with Crippen molar-refractivity contribution in [2.45, 2.75) is 52.2 Å². The Hall–Kier alpha value is -3.61. The highest BCUT2D eigenvalue weighted by Crippen LogP contribution is 2.35. The molecule has 1 aliphatic rings. The van der Waals surface area contributed by atoms with Crippen molar-refractivity contribution >= 4 is 23.0 Å². The fourth-order valence-electron chi connectivity index (χ4n) is 4.00. The van der Waals surface area contributed by atoms with Gasteiger partial charge in [-0.25, -0.2) is 14.4 Å². The van der Waals surface area contributed by atoms with Crippen molar-refractivity contribution in [1.82, 2.24) is 5.32 Å². The summed E-state index contributed by atoms with van der Waals surface area (Å²) in [7, 11) is 0. The van der Waals surface area contributed by atoms with Gasteiger partial charge in [0.05, 0.1) is 5.39 Å². The predicted molar refractivity (Wildman–Crippen MR) is 119 cm³/mol. The first-order chi connectivity index (χ1) is 15.5. The molecule has 0 aliphatic heterocycles. The van der Waals surface area contributed by atoms with Crippen LogP contribution in [-0.2, 0) is 29.0 Å². The summed E-state index contributed by atoms with van der Waals surface area (Å²) < 4.78 is 16.4. The van der Waals surface area contributed by atoms with Gasteiger partial charge < -0.3 is 19.2 Å². The molecule has 0 spiro atoms. The lowest BCUT2D eigenvalue weighted by Crippen LogP contribution is -2.42. The summed E-state index contributed by atoms with van der Waals surface area (Å²) in [5.74, 6) is -0.265. The molecule has 1 aromatic heterocycles. The highest BCUT2D eigenvalue weighted by molar-refractivity contribution is 5.92. The monoisotopic (exact) mass is 435 g/mol. The molecule has 0 fully saturated rings. The van der Waals surface area contributed by atoms with E-state index in [4.69, 9.17) is 13.9 Å². The van der Waals surface area contributed by atoms with E-state index in [0.717, 1.165) is 29.5 Å². The van der Waals surface area contributed by atoms with E-state index < -0.39 is 18.1 Å². The smallest absolute Gasteiger partial charge is 0.408 e. The molecule has 32 heavy (non-hydrogen) atoms. The van der Waals surface area contributed by atoms with E-state index in [0.29, 0.717) is 35.1 Å². The lowest BCUT2D eigenvalue weighted by atomic mass is 10.0. The fraction of sp³-hybridized carbons (Fsp3) is 0.320. The normalized spacial score (nSPS) is 13.4. The first-order valence-electron chi connectivity index (χ1n) is 10.7. The average molecular weight is 435 g/mol.